The quantitative estimate of drug-likeness (QED) is 0.472. The average molecular weight is 440 g/mol. The number of phosphoric ester groups is 1. The van der Waals surface area contributed by atoms with E-state index in [1.165, 1.54) is 18.5 Å². The Morgan fingerprint density at radius 3 is 2.76 bits per heavy atom. The van der Waals surface area contributed by atoms with Crippen molar-refractivity contribution in [2.24, 2.45) is 11.8 Å². The molecule has 0 amide bonds. The Balaban J connectivity index is 1.47. The number of halogens is 1. The van der Waals surface area contributed by atoms with Crippen molar-refractivity contribution in [3.8, 4) is 5.75 Å². The first-order valence-corrected chi connectivity index (χ1v) is 10.7. The van der Waals surface area contributed by atoms with E-state index in [1.54, 1.807) is 18.5 Å². The van der Waals surface area contributed by atoms with E-state index in [4.69, 9.17) is 26.4 Å². The first-order chi connectivity index (χ1) is 13.9. The number of nitrogens with two attached hydrogens (primary N) is 1. The molecule has 4 atom stereocenters. The van der Waals surface area contributed by atoms with Gasteiger partial charge in [-0.25, -0.2) is 19.5 Å². The molecule has 1 unspecified atom stereocenters. The summed E-state index contributed by atoms with van der Waals surface area (Å²) in [5, 5.41) is 10.1. The van der Waals surface area contributed by atoms with Crippen LogP contribution >= 0.6 is 19.4 Å². The average Bonchev–Trinajstić information content (AvgIpc) is 3.08. The zero-order chi connectivity index (χ0) is 20.6. The van der Waals surface area contributed by atoms with Gasteiger partial charge in [-0.3, -0.25) is 9.42 Å². The Morgan fingerprint density at radius 2 is 2.03 bits per heavy atom. The third kappa shape index (κ3) is 4.08. The maximum Gasteiger partial charge on any atom is 0.527 e. The molecule has 0 aliphatic heterocycles. The number of aromatic nitrogens is 4. The molecule has 0 bridgehead atoms. The molecule has 2 aromatic heterocycles. The van der Waals surface area contributed by atoms with Gasteiger partial charge in [-0.15, -0.1) is 0 Å². The molecule has 2 heterocycles. The molecule has 3 aromatic rings. The second-order valence-corrected chi connectivity index (χ2v) is 8.62. The Hall–Kier alpha value is -2.23. The fourth-order valence-electron chi connectivity index (χ4n) is 3.50. The van der Waals surface area contributed by atoms with Crippen LogP contribution < -0.4 is 10.3 Å². The van der Waals surface area contributed by atoms with Crippen molar-refractivity contribution in [3.63, 3.8) is 0 Å². The van der Waals surface area contributed by atoms with Crippen molar-refractivity contribution >= 4 is 36.4 Å². The minimum Gasteiger partial charge on any atom is -0.404 e. The van der Waals surface area contributed by atoms with Crippen molar-refractivity contribution in [3.05, 3.63) is 41.9 Å². The number of imidazole rings is 1. The predicted molar refractivity (Wildman–Crippen MR) is 105 cm³/mol. The molecule has 154 valence electrons. The van der Waals surface area contributed by atoms with Crippen LogP contribution in [0, 0.1) is 11.8 Å². The van der Waals surface area contributed by atoms with Gasteiger partial charge >= 0.3 is 7.82 Å². The normalized spacial score (nSPS) is 23.5. The SMILES string of the molecule is Nc1ncnc2c1ncn2[C@@H]1C[C@H](CO)[C@H]1COP(=O)(O)Oc1ccc(Cl)cc1. The summed E-state index contributed by atoms with van der Waals surface area (Å²) in [6.07, 6.45) is 3.60. The van der Waals surface area contributed by atoms with Crippen LogP contribution in [0.5, 0.6) is 5.75 Å². The van der Waals surface area contributed by atoms with E-state index in [0.29, 0.717) is 22.6 Å². The van der Waals surface area contributed by atoms with Gasteiger partial charge in [0.05, 0.1) is 12.9 Å². The van der Waals surface area contributed by atoms with Crippen LogP contribution in [0.2, 0.25) is 5.02 Å². The van der Waals surface area contributed by atoms with Gasteiger partial charge in [0, 0.05) is 23.6 Å². The van der Waals surface area contributed by atoms with Crippen LogP contribution in [0.15, 0.2) is 36.9 Å². The summed E-state index contributed by atoms with van der Waals surface area (Å²) in [4.78, 5) is 22.4. The molecule has 10 nitrogen and oxygen atoms in total. The number of aliphatic hydroxyl groups is 1. The van der Waals surface area contributed by atoms with E-state index in [1.807, 2.05) is 4.57 Å². The fraction of sp³-hybridized carbons (Fsp3) is 0.353. The zero-order valence-electron chi connectivity index (χ0n) is 15.1. The molecule has 1 aliphatic carbocycles. The van der Waals surface area contributed by atoms with Crippen LogP contribution in [0.3, 0.4) is 0 Å². The summed E-state index contributed by atoms with van der Waals surface area (Å²) in [6.45, 7) is -0.153. The van der Waals surface area contributed by atoms with Crippen molar-refractivity contribution in [2.45, 2.75) is 12.5 Å². The fourth-order valence-corrected chi connectivity index (χ4v) is 4.43. The molecule has 29 heavy (non-hydrogen) atoms. The van der Waals surface area contributed by atoms with E-state index in [0.717, 1.165) is 0 Å². The molecular formula is C17H19ClN5O5P. The molecule has 4 N–H and O–H groups in total. The highest BCUT2D eigenvalue weighted by Gasteiger charge is 2.44. The number of anilines is 1. The molecule has 4 rings (SSSR count). The lowest BCUT2D eigenvalue weighted by atomic mass is 9.70. The van der Waals surface area contributed by atoms with Crippen LogP contribution in [0.1, 0.15) is 12.5 Å². The van der Waals surface area contributed by atoms with E-state index >= 15 is 0 Å². The Bertz CT molecular complexity index is 1060. The largest absolute Gasteiger partial charge is 0.527 e. The third-order valence-electron chi connectivity index (χ3n) is 5.09. The van der Waals surface area contributed by atoms with Crippen LogP contribution in [0.25, 0.3) is 11.2 Å². The molecule has 1 aliphatic rings. The van der Waals surface area contributed by atoms with Gasteiger partial charge in [0.15, 0.2) is 11.5 Å². The maximum atomic E-state index is 12.3. The van der Waals surface area contributed by atoms with E-state index in [-0.39, 0.29) is 42.7 Å². The van der Waals surface area contributed by atoms with E-state index in [2.05, 4.69) is 15.0 Å². The Labute approximate surface area is 170 Å². The number of aliphatic hydroxyl groups excluding tert-OH is 1. The summed E-state index contributed by atoms with van der Waals surface area (Å²) in [5.41, 5.74) is 6.88. The van der Waals surface area contributed by atoms with Gasteiger partial charge in [0.2, 0.25) is 0 Å². The van der Waals surface area contributed by atoms with Crippen molar-refractivity contribution in [1.29, 1.82) is 0 Å². The lowest BCUT2D eigenvalue weighted by molar-refractivity contribution is -0.00476. The van der Waals surface area contributed by atoms with Gasteiger partial charge in [-0.1, -0.05) is 11.6 Å². The summed E-state index contributed by atoms with van der Waals surface area (Å²) in [6, 6.07) is 5.90. The third-order valence-corrected chi connectivity index (χ3v) is 6.26. The summed E-state index contributed by atoms with van der Waals surface area (Å²) < 4.78 is 24.4. The monoisotopic (exact) mass is 439 g/mol. The molecule has 12 heteroatoms. The topological polar surface area (TPSA) is 146 Å². The number of fused-ring (bicyclic) bond motifs is 1. The maximum absolute atomic E-state index is 12.3. The summed E-state index contributed by atoms with van der Waals surface area (Å²) >= 11 is 5.79. The molecule has 1 aromatic carbocycles. The molecule has 1 fully saturated rings. The van der Waals surface area contributed by atoms with Gasteiger partial charge in [-0.05, 0) is 36.6 Å². The summed E-state index contributed by atoms with van der Waals surface area (Å²) in [5.74, 6) is 0.114. The molecule has 1 saturated carbocycles. The number of nitrogens with zero attached hydrogens (tertiary/aromatic N) is 4. The van der Waals surface area contributed by atoms with Gasteiger partial charge in [-0.2, -0.15) is 0 Å². The van der Waals surface area contributed by atoms with Gasteiger partial charge in [0.1, 0.15) is 17.6 Å². The highest BCUT2D eigenvalue weighted by molar-refractivity contribution is 7.47. The van der Waals surface area contributed by atoms with E-state index < -0.39 is 7.82 Å². The predicted octanol–water partition coefficient (Wildman–Crippen LogP) is 2.43. The Kier molecular flexibility index (Phi) is 5.46. The summed E-state index contributed by atoms with van der Waals surface area (Å²) in [7, 11) is -4.35. The minimum absolute atomic E-state index is 0.0674. The second-order valence-electron chi connectivity index (χ2n) is 6.80. The van der Waals surface area contributed by atoms with Crippen molar-refractivity contribution in [2.75, 3.05) is 18.9 Å². The highest BCUT2D eigenvalue weighted by Crippen LogP contribution is 2.50. The minimum atomic E-state index is -4.35. The Morgan fingerprint density at radius 1 is 1.28 bits per heavy atom. The number of phosphoric acid groups is 1. The van der Waals surface area contributed by atoms with Crippen molar-refractivity contribution < 1.29 is 23.6 Å². The van der Waals surface area contributed by atoms with Gasteiger partial charge in [0.25, 0.3) is 0 Å². The second kappa shape index (κ2) is 7.89. The standard InChI is InChI=1S/C17H19ClN5O5P/c18-11-1-3-12(4-2-11)28-29(25,26)27-7-13-10(6-24)5-14(13)23-9-22-15-16(19)20-8-21-17(15)23/h1-4,8-10,13-14,24H,5-7H2,(H,25,26)(H2,19,20,21)/t10-,13-,14-/m1/s1. The van der Waals surface area contributed by atoms with E-state index in [9.17, 15) is 14.6 Å². The van der Waals surface area contributed by atoms with Gasteiger partial charge < -0.3 is 19.9 Å². The number of benzene rings is 1. The first kappa shape index (κ1) is 20.1. The lowest BCUT2D eigenvalue weighted by Gasteiger charge is -2.44. The zero-order valence-corrected chi connectivity index (χ0v) is 16.8. The number of hydrogen-bond donors (Lipinski definition) is 3. The first-order valence-electron chi connectivity index (χ1n) is 8.84. The van der Waals surface area contributed by atoms with Crippen LogP contribution in [-0.4, -0.2) is 42.7 Å². The molecule has 0 saturated heterocycles. The number of hydrogen-bond acceptors (Lipinski definition) is 8. The number of rotatable bonds is 7. The molecule has 0 radical (unpaired) electrons. The van der Waals surface area contributed by atoms with Crippen molar-refractivity contribution in [1.82, 2.24) is 19.5 Å². The lowest BCUT2D eigenvalue weighted by Crippen LogP contribution is -2.43. The smallest absolute Gasteiger partial charge is 0.404 e. The highest BCUT2D eigenvalue weighted by atomic mass is 35.5. The van der Waals surface area contributed by atoms with Crippen LogP contribution in [-0.2, 0) is 9.09 Å². The molecular weight excluding hydrogens is 421 g/mol. The number of nitrogen functional groups attached to an aromatic ring is 1. The van der Waals surface area contributed by atoms with Crippen LogP contribution in [0.4, 0.5) is 5.82 Å². The molecule has 0 spiro atoms.